The number of benzene rings is 2. The van der Waals surface area contributed by atoms with Crippen LogP contribution in [0.2, 0.25) is 0 Å². The number of nitrogens with one attached hydrogen (secondary N) is 1. The van der Waals surface area contributed by atoms with Gasteiger partial charge in [0.15, 0.2) is 0 Å². The van der Waals surface area contributed by atoms with Crippen LogP contribution in [0, 0.1) is 17.7 Å². The summed E-state index contributed by atoms with van der Waals surface area (Å²) < 4.78 is 82.6. The van der Waals surface area contributed by atoms with Gasteiger partial charge in [-0.2, -0.15) is 17.5 Å². The normalized spacial score (nSPS) is 29.3. The number of fused-ring (bicyclic) bond motifs is 1. The van der Waals surface area contributed by atoms with E-state index in [9.17, 15) is 30.8 Å². The Morgan fingerprint density at radius 1 is 1.02 bits per heavy atom. The van der Waals surface area contributed by atoms with Gasteiger partial charge in [0.05, 0.1) is 17.0 Å². The number of carbonyl (C=O) groups excluding carboxylic acids is 1. The van der Waals surface area contributed by atoms with E-state index < -0.39 is 38.7 Å². The number of amidine groups is 1. The first-order chi connectivity index (χ1) is 19.8. The van der Waals surface area contributed by atoms with Crippen molar-refractivity contribution in [1.82, 2.24) is 14.5 Å². The van der Waals surface area contributed by atoms with Gasteiger partial charge in [-0.25, -0.2) is 12.8 Å². The summed E-state index contributed by atoms with van der Waals surface area (Å²) in [6.45, 7) is 3.53. The van der Waals surface area contributed by atoms with Gasteiger partial charge in [-0.3, -0.25) is 9.79 Å². The Balaban J connectivity index is 1.25. The molecule has 226 valence electrons. The molecule has 1 saturated heterocycles. The van der Waals surface area contributed by atoms with Crippen LogP contribution in [0.3, 0.4) is 0 Å². The molecule has 7 rings (SSSR count). The van der Waals surface area contributed by atoms with Crippen LogP contribution in [0.4, 0.5) is 17.6 Å². The lowest BCUT2D eigenvalue weighted by Crippen LogP contribution is -2.58. The van der Waals surface area contributed by atoms with E-state index in [0.29, 0.717) is 31.4 Å². The second-order valence-corrected chi connectivity index (χ2v) is 14.2. The fourth-order valence-electron chi connectivity index (χ4n) is 7.16. The highest BCUT2D eigenvalue weighted by atomic mass is 32.2. The number of sulfonamides is 1. The molecular formula is C30H34F4N4O3S. The molecule has 1 amide bonds. The first-order valence-corrected chi connectivity index (χ1v) is 15.8. The van der Waals surface area contributed by atoms with E-state index in [-0.39, 0.29) is 29.2 Å². The SMILES string of the molecule is C[C@]1(C(=O)N2CCCCC2)CN=C([C@H]2CC3(N(Cc4ccc(C(F)(F)F)cc4)S(=O)(=O)c4ccc(F)cc4)CC2C3)N1. The number of likely N-dealkylation sites (tertiary alicyclic amines) is 1. The third-order valence-corrected chi connectivity index (χ3v) is 11.4. The van der Waals surface area contributed by atoms with Gasteiger partial charge in [0.25, 0.3) is 0 Å². The van der Waals surface area contributed by atoms with Gasteiger partial charge in [-0.1, -0.05) is 12.1 Å². The third-order valence-electron chi connectivity index (χ3n) is 9.43. The Morgan fingerprint density at radius 3 is 2.29 bits per heavy atom. The molecule has 2 aliphatic heterocycles. The van der Waals surface area contributed by atoms with E-state index >= 15 is 0 Å². The number of aliphatic imine (C=N–C) groups is 1. The zero-order valence-electron chi connectivity index (χ0n) is 23.3. The molecule has 0 spiro atoms. The van der Waals surface area contributed by atoms with Crippen LogP contribution in [0.25, 0.3) is 0 Å². The maximum atomic E-state index is 14.0. The Bertz CT molecular complexity index is 1480. The van der Waals surface area contributed by atoms with Crippen molar-refractivity contribution in [3.05, 3.63) is 65.5 Å². The lowest BCUT2D eigenvalue weighted by molar-refractivity contribution is -0.138. The van der Waals surface area contributed by atoms with Crippen molar-refractivity contribution in [1.29, 1.82) is 0 Å². The minimum atomic E-state index is -4.50. The molecule has 42 heavy (non-hydrogen) atoms. The van der Waals surface area contributed by atoms with Crippen LogP contribution in [0.1, 0.15) is 56.6 Å². The first kappa shape index (κ1) is 29.1. The molecule has 5 aliphatic rings. The minimum Gasteiger partial charge on any atom is -0.358 e. The molecule has 2 aromatic rings. The predicted octanol–water partition coefficient (Wildman–Crippen LogP) is 4.98. The zero-order valence-corrected chi connectivity index (χ0v) is 24.1. The molecule has 2 atom stereocenters. The Kier molecular flexibility index (Phi) is 7.15. The summed E-state index contributed by atoms with van der Waals surface area (Å²) in [5, 5.41) is 3.41. The van der Waals surface area contributed by atoms with Crippen molar-refractivity contribution < 1.29 is 30.8 Å². The number of halogens is 4. The van der Waals surface area contributed by atoms with E-state index in [4.69, 9.17) is 4.99 Å². The van der Waals surface area contributed by atoms with Crippen LogP contribution in [-0.4, -0.2) is 60.1 Å². The number of rotatable bonds is 7. The summed E-state index contributed by atoms with van der Waals surface area (Å²) in [6.07, 6.45) is 0.187. The first-order valence-electron chi connectivity index (χ1n) is 14.4. The summed E-state index contributed by atoms with van der Waals surface area (Å²) in [6, 6.07) is 9.10. The summed E-state index contributed by atoms with van der Waals surface area (Å²) in [5.41, 5.74) is -2.00. The van der Waals surface area contributed by atoms with Crippen molar-refractivity contribution in [2.75, 3.05) is 19.6 Å². The maximum absolute atomic E-state index is 14.0. The van der Waals surface area contributed by atoms with Gasteiger partial charge in [-0.15, -0.1) is 0 Å². The minimum absolute atomic E-state index is 0.0313. The highest BCUT2D eigenvalue weighted by Crippen LogP contribution is 2.60. The number of hydrogen-bond donors (Lipinski definition) is 1. The number of nitrogens with zero attached hydrogens (tertiary/aromatic N) is 3. The van der Waals surface area contributed by atoms with Crippen molar-refractivity contribution in [2.24, 2.45) is 16.8 Å². The number of hydrogen-bond acceptors (Lipinski definition) is 5. The second-order valence-electron chi connectivity index (χ2n) is 12.4. The van der Waals surface area contributed by atoms with Crippen molar-refractivity contribution >= 4 is 21.8 Å². The van der Waals surface area contributed by atoms with Gasteiger partial charge >= 0.3 is 6.18 Å². The standard InChI is InChI=1S/C30H34F4N4O3S/c1-28(27(39)37-13-3-2-4-14-37)19-35-26(36-28)25-17-29(15-21(25)16-29)38(42(40,41)24-11-9-23(31)10-12-24)18-20-5-7-22(8-6-20)30(32,33)34/h5-12,21,25H,2-4,13-19H2,1H3,(H,35,36)/t21?,25-,28+,29?/m0/s1. The largest absolute Gasteiger partial charge is 0.416 e. The number of alkyl halides is 3. The predicted molar refractivity (Wildman–Crippen MR) is 148 cm³/mol. The average molecular weight is 607 g/mol. The molecule has 7 nitrogen and oxygen atoms in total. The van der Waals surface area contributed by atoms with Gasteiger partial charge in [0, 0.05) is 31.1 Å². The lowest BCUT2D eigenvalue weighted by Gasteiger charge is -2.46. The van der Waals surface area contributed by atoms with Crippen LogP contribution in [0.5, 0.6) is 0 Å². The topological polar surface area (TPSA) is 82.1 Å². The highest BCUT2D eigenvalue weighted by molar-refractivity contribution is 7.89. The molecule has 2 heterocycles. The lowest BCUT2D eigenvalue weighted by atomic mass is 9.76. The number of carbonyl (C=O) groups is 1. The van der Waals surface area contributed by atoms with E-state index in [2.05, 4.69) is 5.32 Å². The van der Waals surface area contributed by atoms with Gasteiger partial charge in [-0.05, 0) is 93.3 Å². The Labute approximate surface area is 243 Å². The quantitative estimate of drug-likeness (QED) is 0.451. The molecule has 2 aromatic carbocycles. The maximum Gasteiger partial charge on any atom is 0.416 e. The number of amides is 1. The van der Waals surface area contributed by atoms with E-state index in [1.165, 1.54) is 28.6 Å². The number of piperidine rings is 1. The summed E-state index contributed by atoms with van der Waals surface area (Å²) in [5.74, 6) is 0.268. The van der Waals surface area contributed by atoms with Crippen molar-refractivity contribution in [3.63, 3.8) is 0 Å². The molecule has 4 fully saturated rings. The van der Waals surface area contributed by atoms with Gasteiger partial charge in [0.1, 0.15) is 17.2 Å². The third kappa shape index (κ3) is 5.10. The average Bonchev–Trinajstić information content (AvgIpc) is 3.64. The summed E-state index contributed by atoms with van der Waals surface area (Å²) in [7, 11) is -4.13. The molecule has 3 saturated carbocycles. The van der Waals surface area contributed by atoms with E-state index in [1.807, 2.05) is 11.8 Å². The molecule has 12 heteroatoms. The van der Waals surface area contributed by atoms with E-state index in [1.54, 1.807) is 0 Å². The smallest absolute Gasteiger partial charge is 0.358 e. The van der Waals surface area contributed by atoms with Gasteiger partial charge < -0.3 is 10.2 Å². The fraction of sp³-hybridized carbons (Fsp3) is 0.533. The molecular weight excluding hydrogens is 572 g/mol. The van der Waals surface area contributed by atoms with Crippen molar-refractivity contribution in [3.8, 4) is 0 Å². The highest BCUT2D eigenvalue weighted by Gasteiger charge is 2.63. The molecule has 0 radical (unpaired) electrons. The van der Waals surface area contributed by atoms with Crippen LogP contribution < -0.4 is 5.32 Å². The molecule has 2 bridgehead atoms. The monoisotopic (exact) mass is 606 g/mol. The van der Waals surface area contributed by atoms with Crippen molar-refractivity contribution in [2.45, 2.75) is 74.1 Å². The molecule has 1 N–H and O–H groups in total. The molecule has 0 aromatic heterocycles. The van der Waals surface area contributed by atoms with Crippen LogP contribution in [-0.2, 0) is 27.5 Å². The second kappa shape index (κ2) is 10.3. The van der Waals surface area contributed by atoms with Crippen LogP contribution >= 0.6 is 0 Å². The Hall–Kier alpha value is -2.99. The summed E-state index contributed by atoms with van der Waals surface area (Å²) in [4.78, 5) is 19.9. The molecule has 0 unspecified atom stereocenters. The zero-order chi connectivity index (χ0) is 29.9. The van der Waals surface area contributed by atoms with Gasteiger partial charge in [0.2, 0.25) is 15.9 Å². The Morgan fingerprint density at radius 2 is 1.67 bits per heavy atom. The van der Waals surface area contributed by atoms with E-state index in [0.717, 1.165) is 62.5 Å². The van der Waals surface area contributed by atoms with Crippen LogP contribution in [0.15, 0.2) is 58.4 Å². The molecule has 3 aliphatic carbocycles. The summed E-state index contributed by atoms with van der Waals surface area (Å²) >= 11 is 0. The fourth-order valence-corrected chi connectivity index (χ4v) is 8.94.